The quantitative estimate of drug-likeness (QED) is 0.879. The highest BCUT2D eigenvalue weighted by Gasteiger charge is 2.27. The molecule has 0 heterocycles. The second kappa shape index (κ2) is 6.31. The van der Waals surface area contributed by atoms with Crippen molar-refractivity contribution in [3.05, 3.63) is 35.4 Å². The van der Waals surface area contributed by atoms with Crippen LogP contribution in [0.1, 0.15) is 17.5 Å². The van der Waals surface area contributed by atoms with Crippen LogP contribution in [-0.2, 0) is 6.42 Å². The molecule has 1 unspecified atom stereocenters. The predicted molar refractivity (Wildman–Crippen MR) is 66.0 cm³/mol. The van der Waals surface area contributed by atoms with Gasteiger partial charge < -0.3 is 5.73 Å². The monoisotopic (exact) mass is 263 g/mol. The number of hydrogen-bond donors (Lipinski definition) is 1. The van der Waals surface area contributed by atoms with E-state index < -0.39 is 5.51 Å². The van der Waals surface area contributed by atoms with Crippen LogP contribution >= 0.6 is 11.8 Å². The fourth-order valence-electron chi connectivity index (χ4n) is 1.55. The maximum Gasteiger partial charge on any atom is 0.441 e. The van der Waals surface area contributed by atoms with Crippen LogP contribution in [0.4, 0.5) is 13.2 Å². The van der Waals surface area contributed by atoms with Crippen LogP contribution in [0.3, 0.4) is 0 Å². The van der Waals surface area contributed by atoms with Gasteiger partial charge in [-0.2, -0.15) is 13.2 Å². The zero-order valence-corrected chi connectivity index (χ0v) is 10.4. The van der Waals surface area contributed by atoms with Gasteiger partial charge in [0.25, 0.3) is 0 Å². The average Bonchev–Trinajstić information content (AvgIpc) is 2.19. The lowest BCUT2D eigenvalue weighted by Gasteiger charge is -2.13. The summed E-state index contributed by atoms with van der Waals surface area (Å²) >= 11 is -0.00334. The molecule has 1 aromatic carbocycles. The van der Waals surface area contributed by atoms with Crippen molar-refractivity contribution in [1.82, 2.24) is 0 Å². The van der Waals surface area contributed by atoms with Crippen molar-refractivity contribution in [1.29, 1.82) is 0 Å². The van der Waals surface area contributed by atoms with Crippen LogP contribution in [0.25, 0.3) is 0 Å². The number of hydrogen-bond acceptors (Lipinski definition) is 2. The molecule has 0 saturated carbocycles. The molecule has 0 aliphatic carbocycles. The van der Waals surface area contributed by atoms with E-state index in [4.69, 9.17) is 5.73 Å². The summed E-state index contributed by atoms with van der Waals surface area (Å²) in [6, 6.07) is 7.58. The fourth-order valence-corrected chi connectivity index (χ4v) is 2.20. The van der Waals surface area contributed by atoms with Gasteiger partial charge >= 0.3 is 5.51 Å². The van der Waals surface area contributed by atoms with Crippen molar-refractivity contribution in [2.45, 2.75) is 31.3 Å². The number of rotatable bonds is 5. The molecule has 0 aliphatic heterocycles. The number of benzene rings is 1. The van der Waals surface area contributed by atoms with Gasteiger partial charge in [0, 0.05) is 11.8 Å². The van der Waals surface area contributed by atoms with Gasteiger partial charge in [0.1, 0.15) is 0 Å². The molecule has 0 amide bonds. The van der Waals surface area contributed by atoms with Crippen molar-refractivity contribution in [3.8, 4) is 0 Å². The highest BCUT2D eigenvalue weighted by Crippen LogP contribution is 2.30. The molecule has 1 rings (SSSR count). The lowest BCUT2D eigenvalue weighted by molar-refractivity contribution is -0.0328. The van der Waals surface area contributed by atoms with Crippen molar-refractivity contribution < 1.29 is 13.2 Å². The first-order valence-electron chi connectivity index (χ1n) is 5.39. The number of thioether (sulfide) groups is 1. The minimum Gasteiger partial charge on any atom is -0.327 e. The minimum atomic E-state index is -4.15. The maximum absolute atomic E-state index is 11.9. The third-order valence-corrected chi connectivity index (χ3v) is 3.26. The van der Waals surface area contributed by atoms with E-state index in [-0.39, 0.29) is 23.6 Å². The Morgan fingerprint density at radius 3 is 2.53 bits per heavy atom. The molecular formula is C12H16F3NS. The molecule has 2 N–H and O–H groups in total. The molecule has 1 nitrogen and oxygen atoms in total. The van der Waals surface area contributed by atoms with Crippen molar-refractivity contribution >= 4 is 11.8 Å². The van der Waals surface area contributed by atoms with E-state index in [1.807, 2.05) is 31.2 Å². The second-order valence-electron chi connectivity index (χ2n) is 3.97. The minimum absolute atomic E-state index is 0.00334. The van der Waals surface area contributed by atoms with E-state index in [2.05, 4.69) is 0 Å². The van der Waals surface area contributed by atoms with Gasteiger partial charge in [-0.05, 0) is 30.9 Å². The fraction of sp³-hybridized carbons (Fsp3) is 0.500. The summed E-state index contributed by atoms with van der Waals surface area (Å²) < 4.78 is 35.8. The smallest absolute Gasteiger partial charge is 0.327 e. The van der Waals surface area contributed by atoms with E-state index in [0.717, 1.165) is 11.1 Å². The van der Waals surface area contributed by atoms with Gasteiger partial charge in [-0.3, -0.25) is 0 Å². The molecule has 1 aromatic rings. The number of halogens is 3. The molecule has 0 radical (unpaired) electrons. The first kappa shape index (κ1) is 14.4. The normalized spacial score (nSPS) is 13.7. The highest BCUT2D eigenvalue weighted by molar-refractivity contribution is 8.00. The van der Waals surface area contributed by atoms with Gasteiger partial charge in [0.15, 0.2) is 0 Å². The lowest BCUT2D eigenvalue weighted by Crippen LogP contribution is -2.24. The second-order valence-corrected chi connectivity index (χ2v) is 5.13. The molecule has 0 bridgehead atoms. The molecule has 1 atom stereocenters. The van der Waals surface area contributed by atoms with Crippen molar-refractivity contribution in [2.75, 3.05) is 5.75 Å². The lowest BCUT2D eigenvalue weighted by atomic mass is 10.0. The molecule has 5 heteroatoms. The summed E-state index contributed by atoms with van der Waals surface area (Å²) in [7, 11) is 0. The zero-order chi connectivity index (χ0) is 12.9. The molecular weight excluding hydrogens is 247 g/mol. The van der Waals surface area contributed by atoms with Gasteiger partial charge in [-0.25, -0.2) is 0 Å². The van der Waals surface area contributed by atoms with E-state index in [0.29, 0.717) is 12.8 Å². The maximum atomic E-state index is 11.9. The Morgan fingerprint density at radius 2 is 1.94 bits per heavy atom. The summed E-state index contributed by atoms with van der Waals surface area (Å²) in [6.45, 7) is 1.98. The standard InChI is InChI=1S/C12H16F3NS/c1-9-4-2-3-5-10(9)8-11(16)6-7-17-12(13,14)15/h2-5,11H,6-8,16H2,1H3. The topological polar surface area (TPSA) is 26.0 Å². The summed E-state index contributed by atoms with van der Waals surface area (Å²) in [5, 5.41) is 0. The van der Waals surface area contributed by atoms with Crippen LogP contribution in [-0.4, -0.2) is 17.3 Å². The van der Waals surface area contributed by atoms with Crippen molar-refractivity contribution in [3.63, 3.8) is 0 Å². The first-order valence-corrected chi connectivity index (χ1v) is 6.38. The van der Waals surface area contributed by atoms with Crippen LogP contribution < -0.4 is 5.73 Å². The summed E-state index contributed by atoms with van der Waals surface area (Å²) in [5.41, 5.74) is 3.91. The summed E-state index contributed by atoms with van der Waals surface area (Å²) in [4.78, 5) is 0. The number of nitrogens with two attached hydrogens (primary N) is 1. The third kappa shape index (κ3) is 5.98. The Labute approximate surface area is 104 Å². The largest absolute Gasteiger partial charge is 0.441 e. The average molecular weight is 263 g/mol. The Hall–Kier alpha value is -0.680. The molecule has 0 aliphatic rings. The number of aryl methyl sites for hydroxylation is 1. The zero-order valence-electron chi connectivity index (χ0n) is 9.63. The van der Waals surface area contributed by atoms with Gasteiger partial charge in [0.2, 0.25) is 0 Å². The summed E-state index contributed by atoms with van der Waals surface area (Å²) in [5.74, 6) is 0.0244. The third-order valence-electron chi connectivity index (χ3n) is 2.50. The van der Waals surface area contributed by atoms with Crippen LogP contribution in [0.2, 0.25) is 0 Å². The van der Waals surface area contributed by atoms with E-state index >= 15 is 0 Å². The molecule has 0 spiro atoms. The Bertz CT molecular complexity index is 352. The van der Waals surface area contributed by atoms with E-state index in [1.54, 1.807) is 0 Å². The van der Waals surface area contributed by atoms with E-state index in [1.165, 1.54) is 0 Å². The Morgan fingerprint density at radius 1 is 1.29 bits per heavy atom. The van der Waals surface area contributed by atoms with Crippen LogP contribution in [0, 0.1) is 6.92 Å². The molecule has 0 fully saturated rings. The Balaban J connectivity index is 2.35. The van der Waals surface area contributed by atoms with Crippen LogP contribution in [0.15, 0.2) is 24.3 Å². The predicted octanol–water partition coefficient (Wildman–Crippen LogP) is 3.51. The van der Waals surface area contributed by atoms with E-state index in [9.17, 15) is 13.2 Å². The summed E-state index contributed by atoms with van der Waals surface area (Å²) in [6.07, 6.45) is 1.00. The highest BCUT2D eigenvalue weighted by atomic mass is 32.2. The van der Waals surface area contributed by atoms with Crippen molar-refractivity contribution in [2.24, 2.45) is 5.73 Å². The molecule has 0 aromatic heterocycles. The van der Waals surface area contributed by atoms with Gasteiger partial charge in [0.05, 0.1) is 0 Å². The first-order chi connectivity index (χ1) is 7.88. The Kier molecular flexibility index (Phi) is 5.33. The van der Waals surface area contributed by atoms with Crippen LogP contribution in [0.5, 0.6) is 0 Å². The molecule has 96 valence electrons. The molecule has 17 heavy (non-hydrogen) atoms. The molecule has 0 saturated heterocycles. The number of alkyl halides is 3. The van der Waals surface area contributed by atoms with Gasteiger partial charge in [-0.1, -0.05) is 36.0 Å². The van der Waals surface area contributed by atoms with Gasteiger partial charge in [-0.15, -0.1) is 0 Å². The SMILES string of the molecule is Cc1ccccc1CC(N)CCSC(F)(F)F.